The number of hydrogen-bond donors (Lipinski definition) is 2. The molecule has 3 rings (SSSR count). The van der Waals surface area contributed by atoms with Gasteiger partial charge in [0.15, 0.2) is 17.2 Å². The van der Waals surface area contributed by atoms with E-state index in [0.717, 1.165) is 5.56 Å². The molecule has 0 unspecified atom stereocenters. The van der Waals surface area contributed by atoms with Crippen molar-refractivity contribution in [3.05, 3.63) is 59.8 Å². The maximum atomic E-state index is 12.6. The predicted octanol–water partition coefficient (Wildman–Crippen LogP) is 3.18. The van der Waals surface area contributed by atoms with Gasteiger partial charge in [-0.1, -0.05) is 41.7 Å². The van der Waals surface area contributed by atoms with Gasteiger partial charge in [-0.15, -0.1) is 0 Å². The molecule has 8 heteroatoms. The van der Waals surface area contributed by atoms with Crippen molar-refractivity contribution in [2.75, 3.05) is 19.5 Å². The van der Waals surface area contributed by atoms with Crippen LogP contribution < -0.4 is 20.5 Å². The molecule has 3 aromatic rings. The third kappa shape index (κ3) is 3.90. The first kappa shape index (κ1) is 18.4. The molecule has 0 radical (unpaired) electrons. The second-order valence-corrected chi connectivity index (χ2v) is 6.45. The van der Waals surface area contributed by atoms with Crippen LogP contribution >= 0.6 is 11.3 Å². The second-order valence-electron chi connectivity index (χ2n) is 5.45. The van der Waals surface area contributed by atoms with Gasteiger partial charge in [0.25, 0.3) is 11.8 Å². The van der Waals surface area contributed by atoms with Crippen molar-refractivity contribution >= 4 is 28.2 Å². The van der Waals surface area contributed by atoms with Gasteiger partial charge in [0, 0.05) is 11.1 Å². The lowest BCUT2D eigenvalue weighted by Crippen LogP contribution is -2.17. The number of nitrogens with zero attached hydrogens (tertiary/aromatic N) is 1. The minimum absolute atomic E-state index is 0.0210. The fourth-order valence-electron chi connectivity index (χ4n) is 2.43. The molecule has 0 fully saturated rings. The molecule has 7 nitrogen and oxygen atoms in total. The number of rotatable bonds is 6. The molecule has 1 aromatic heterocycles. The van der Waals surface area contributed by atoms with Crippen LogP contribution in [0.4, 0.5) is 5.00 Å². The first-order valence-corrected chi connectivity index (χ1v) is 8.74. The normalized spacial score (nSPS) is 10.3. The van der Waals surface area contributed by atoms with E-state index >= 15 is 0 Å². The summed E-state index contributed by atoms with van der Waals surface area (Å²) in [7, 11) is 3.00. The van der Waals surface area contributed by atoms with Crippen molar-refractivity contribution in [1.29, 1.82) is 0 Å². The smallest absolute Gasteiger partial charge is 0.270 e. The number of primary amides is 1. The van der Waals surface area contributed by atoms with Crippen molar-refractivity contribution in [2.45, 2.75) is 0 Å². The highest BCUT2D eigenvalue weighted by molar-refractivity contribution is 7.19. The van der Waals surface area contributed by atoms with Crippen LogP contribution in [-0.2, 0) is 0 Å². The highest BCUT2D eigenvalue weighted by atomic mass is 32.1. The minimum atomic E-state index is -0.712. The molecule has 0 aliphatic rings. The lowest BCUT2D eigenvalue weighted by Gasteiger charge is -2.09. The first-order chi connectivity index (χ1) is 13.0. The third-order valence-corrected chi connectivity index (χ3v) is 4.77. The monoisotopic (exact) mass is 383 g/mol. The fourth-order valence-corrected chi connectivity index (χ4v) is 3.40. The summed E-state index contributed by atoms with van der Waals surface area (Å²) in [5.74, 6) is -0.191. The van der Waals surface area contributed by atoms with Gasteiger partial charge in [0.1, 0.15) is 10.0 Å². The molecule has 0 saturated heterocycles. The highest BCUT2D eigenvalue weighted by Crippen LogP contribution is 2.33. The standard InChI is InChI=1S/C19H17N3O4S/c1-25-13-9-8-12(10-14(13)26-2)17(24)22-19-15(16(20)23)21-18(27-19)11-6-4-3-5-7-11/h3-10H,1-2H3,(H2,20,23)(H,22,24). The predicted molar refractivity (Wildman–Crippen MR) is 104 cm³/mol. The summed E-state index contributed by atoms with van der Waals surface area (Å²) in [5, 5.41) is 3.59. The summed E-state index contributed by atoms with van der Waals surface area (Å²) in [6.07, 6.45) is 0. The number of ether oxygens (including phenoxy) is 2. The Labute approximate surface area is 159 Å². The molecule has 0 saturated carbocycles. The number of benzene rings is 2. The average molecular weight is 383 g/mol. The summed E-state index contributed by atoms with van der Waals surface area (Å²) in [6.45, 7) is 0. The molecule has 0 aliphatic heterocycles. The topological polar surface area (TPSA) is 104 Å². The minimum Gasteiger partial charge on any atom is -0.493 e. The van der Waals surface area contributed by atoms with Crippen LogP contribution in [0.3, 0.4) is 0 Å². The number of amides is 2. The van der Waals surface area contributed by atoms with Gasteiger partial charge in [-0.2, -0.15) is 0 Å². The lowest BCUT2D eigenvalue weighted by molar-refractivity contribution is 0.0997. The second kappa shape index (κ2) is 7.88. The molecule has 0 spiro atoms. The van der Waals surface area contributed by atoms with Gasteiger partial charge in [-0.3, -0.25) is 9.59 Å². The molecule has 138 valence electrons. The van der Waals surface area contributed by atoms with Crippen molar-refractivity contribution in [2.24, 2.45) is 5.73 Å². The molecule has 2 amide bonds. The number of nitrogens with one attached hydrogen (secondary N) is 1. The third-order valence-electron chi connectivity index (χ3n) is 3.75. The molecule has 0 aliphatic carbocycles. The van der Waals surface area contributed by atoms with Gasteiger partial charge in [0.2, 0.25) is 0 Å². The largest absolute Gasteiger partial charge is 0.493 e. The van der Waals surface area contributed by atoms with Crippen LogP contribution in [0.25, 0.3) is 10.6 Å². The number of methoxy groups -OCH3 is 2. The molecular weight excluding hydrogens is 366 g/mol. The van der Waals surface area contributed by atoms with Gasteiger partial charge < -0.3 is 20.5 Å². The molecule has 27 heavy (non-hydrogen) atoms. The number of hydrogen-bond acceptors (Lipinski definition) is 6. The van der Waals surface area contributed by atoms with Crippen molar-refractivity contribution in [3.8, 4) is 22.1 Å². The molecular formula is C19H17N3O4S. The van der Waals surface area contributed by atoms with Gasteiger partial charge in [-0.25, -0.2) is 4.98 Å². The molecule has 1 heterocycles. The van der Waals surface area contributed by atoms with Gasteiger partial charge >= 0.3 is 0 Å². The van der Waals surface area contributed by atoms with Crippen LogP contribution in [0.2, 0.25) is 0 Å². The van der Waals surface area contributed by atoms with Crippen molar-refractivity contribution in [1.82, 2.24) is 4.98 Å². The zero-order valence-corrected chi connectivity index (χ0v) is 15.5. The maximum Gasteiger partial charge on any atom is 0.270 e. The van der Waals surface area contributed by atoms with E-state index in [4.69, 9.17) is 15.2 Å². The Morgan fingerprint density at radius 1 is 1.04 bits per heavy atom. The summed E-state index contributed by atoms with van der Waals surface area (Å²) >= 11 is 1.18. The Morgan fingerprint density at radius 3 is 2.37 bits per heavy atom. The van der Waals surface area contributed by atoms with E-state index in [2.05, 4.69) is 10.3 Å². The number of thiazole rings is 1. The first-order valence-electron chi connectivity index (χ1n) is 7.93. The Balaban J connectivity index is 1.92. The Hall–Kier alpha value is -3.39. The number of aromatic nitrogens is 1. The zero-order chi connectivity index (χ0) is 19.4. The number of anilines is 1. The summed E-state index contributed by atoms with van der Waals surface area (Å²) in [4.78, 5) is 28.6. The highest BCUT2D eigenvalue weighted by Gasteiger charge is 2.20. The molecule has 2 aromatic carbocycles. The van der Waals surface area contributed by atoms with Crippen molar-refractivity contribution in [3.63, 3.8) is 0 Å². The van der Waals surface area contributed by atoms with Crippen molar-refractivity contribution < 1.29 is 19.1 Å². The number of carbonyl (C=O) groups is 2. The van der Waals surface area contributed by atoms with E-state index in [1.807, 2.05) is 30.3 Å². The Bertz CT molecular complexity index is 986. The average Bonchev–Trinajstić information content (AvgIpc) is 3.12. The Morgan fingerprint density at radius 2 is 1.74 bits per heavy atom. The van der Waals surface area contributed by atoms with Crippen LogP contribution in [0, 0.1) is 0 Å². The van der Waals surface area contributed by atoms with E-state index in [9.17, 15) is 9.59 Å². The van der Waals surface area contributed by atoms with Crippen LogP contribution in [-0.4, -0.2) is 31.0 Å². The maximum absolute atomic E-state index is 12.6. The quantitative estimate of drug-likeness (QED) is 0.680. The summed E-state index contributed by atoms with van der Waals surface area (Å²) in [6, 6.07) is 14.1. The molecule has 0 atom stereocenters. The van der Waals surface area contributed by atoms with Gasteiger partial charge in [-0.05, 0) is 18.2 Å². The number of nitrogens with two attached hydrogens (primary N) is 1. The number of carbonyl (C=O) groups excluding carboxylic acids is 2. The van der Waals surface area contributed by atoms with Crippen LogP contribution in [0.1, 0.15) is 20.8 Å². The van der Waals surface area contributed by atoms with E-state index in [1.165, 1.54) is 25.6 Å². The fraction of sp³-hybridized carbons (Fsp3) is 0.105. The van der Waals surface area contributed by atoms with E-state index < -0.39 is 11.8 Å². The summed E-state index contributed by atoms with van der Waals surface area (Å²) < 4.78 is 10.4. The van der Waals surface area contributed by atoms with E-state index in [0.29, 0.717) is 27.1 Å². The molecule has 0 bridgehead atoms. The Kier molecular flexibility index (Phi) is 5.37. The van der Waals surface area contributed by atoms with Gasteiger partial charge in [0.05, 0.1) is 14.2 Å². The molecule has 3 N–H and O–H groups in total. The van der Waals surface area contributed by atoms with Crippen LogP contribution in [0.15, 0.2) is 48.5 Å². The van der Waals surface area contributed by atoms with Crippen LogP contribution in [0.5, 0.6) is 11.5 Å². The lowest BCUT2D eigenvalue weighted by atomic mass is 10.2. The van der Waals surface area contributed by atoms with E-state index in [-0.39, 0.29) is 5.69 Å². The summed E-state index contributed by atoms with van der Waals surface area (Å²) in [5.41, 5.74) is 6.62. The van der Waals surface area contributed by atoms with E-state index in [1.54, 1.807) is 18.2 Å². The zero-order valence-electron chi connectivity index (χ0n) is 14.7. The SMILES string of the molecule is COc1ccc(C(=O)Nc2sc(-c3ccccc3)nc2C(N)=O)cc1OC.